The van der Waals surface area contributed by atoms with Crippen molar-refractivity contribution >= 4 is 22.4 Å². The number of rotatable bonds is 2. The summed E-state index contributed by atoms with van der Waals surface area (Å²) in [5.41, 5.74) is 3.85. The van der Waals surface area contributed by atoms with Crippen molar-refractivity contribution in [3.8, 4) is 0 Å². The van der Waals surface area contributed by atoms with Crippen LogP contribution in [0.15, 0.2) is 42.7 Å². The van der Waals surface area contributed by atoms with Gasteiger partial charge in [-0.05, 0) is 41.3 Å². The van der Waals surface area contributed by atoms with Gasteiger partial charge in [0.05, 0.1) is 5.69 Å². The molecule has 0 atom stereocenters. The molecule has 3 aromatic rings. The van der Waals surface area contributed by atoms with Crippen molar-refractivity contribution in [1.29, 1.82) is 0 Å². The Bertz CT molecular complexity index is 767. The number of H-pyrrole nitrogens is 1. The first-order valence-electron chi connectivity index (χ1n) is 6.94. The highest BCUT2D eigenvalue weighted by Gasteiger charge is 2.16. The van der Waals surface area contributed by atoms with Gasteiger partial charge in [0.15, 0.2) is 0 Å². The van der Waals surface area contributed by atoms with Gasteiger partial charge in [0.2, 0.25) is 0 Å². The zero-order valence-corrected chi connectivity index (χ0v) is 12.4. The van der Waals surface area contributed by atoms with Crippen molar-refractivity contribution < 1.29 is 4.39 Å². The lowest BCUT2D eigenvalue weighted by Gasteiger charge is -2.18. The fraction of sp³-hybridized carbons (Fsp3) is 0.235. The quantitative estimate of drug-likeness (QED) is 0.713. The Labute approximate surface area is 123 Å². The smallest absolute Gasteiger partial charge is 0.139 e. The number of benzene rings is 1. The number of nitrogens with zero attached hydrogens (tertiary/aromatic N) is 1. The van der Waals surface area contributed by atoms with Gasteiger partial charge < -0.3 is 10.3 Å². The summed E-state index contributed by atoms with van der Waals surface area (Å²) in [5, 5.41) is 4.33. The number of aromatic amines is 1. The van der Waals surface area contributed by atoms with Crippen molar-refractivity contribution in [2.24, 2.45) is 0 Å². The van der Waals surface area contributed by atoms with Crippen LogP contribution in [-0.4, -0.2) is 9.97 Å². The largest absolute Gasteiger partial charge is 0.354 e. The summed E-state index contributed by atoms with van der Waals surface area (Å²) in [6.07, 6.45) is 3.79. The van der Waals surface area contributed by atoms with E-state index in [2.05, 4.69) is 42.1 Å². The van der Waals surface area contributed by atoms with E-state index in [0.717, 1.165) is 22.4 Å². The highest BCUT2D eigenvalue weighted by molar-refractivity contribution is 5.92. The van der Waals surface area contributed by atoms with Gasteiger partial charge in [-0.15, -0.1) is 0 Å². The Hall–Kier alpha value is -2.36. The normalized spacial score (nSPS) is 11.8. The van der Waals surface area contributed by atoms with Crippen molar-refractivity contribution in [2.75, 3.05) is 5.32 Å². The van der Waals surface area contributed by atoms with Crippen LogP contribution < -0.4 is 5.32 Å². The van der Waals surface area contributed by atoms with Crippen LogP contribution in [-0.2, 0) is 5.41 Å². The lowest BCUT2D eigenvalue weighted by Crippen LogP contribution is -2.11. The Morgan fingerprint density at radius 1 is 1.14 bits per heavy atom. The summed E-state index contributed by atoms with van der Waals surface area (Å²) in [4.78, 5) is 7.62. The van der Waals surface area contributed by atoms with Gasteiger partial charge in [0.25, 0.3) is 0 Å². The minimum absolute atomic E-state index is 0.0472. The summed E-state index contributed by atoms with van der Waals surface area (Å²) in [6.45, 7) is 6.49. The maximum absolute atomic E-state index is 13.0. The molecule has 21 heavy (non-hydrogen) atoms. The third-order valence-electron chi connectivity index (χ3n) is 3.52. The molecule has 3 rings (SSSR count). The molecule has 0 aliphatic carbocycles. The van der Waals surface area contributed by atoms with Crippen molar-refractivity contribution in [3.05, 3.63) is 54.1 Å². The summed E-state index contributed by atoms with van der Waals surface area (Å²) in [7, 11) is 0. The number of pyridine rings is 1. The number of anilines is 2. The highest BCUT2D eigenvalue weighted by Crippen LogP contribution is 2.30. The van der Waals surface area contributed by atoms with E-state index in [1.165, 1.54) is 17.7 Å². The zero-order chi connectivity index (χ0) is 15.0. The molecule has 0 aliphatic heterocycles. The molecular weight excluding hydrogens is 265 g/mol. The number of hydrogen-bond acceptors (Lipinski definition) is 2. The molecule has 0 spiro atoms. The second-order valence-corrected chi connectivity index (χ2v) is 6.20. The van der Waals surface area contributed by atoms with Crippen LogP contribution in [0.1, 0.15) is 26.3 Å². The van der Waals surface area contributed by atoms with E-state index in [-0.39, 0.29) is 11.2 Å². The van der Waals surface area contributed by atoms with Crippen molar-refractivity contribution in [2.45, 2.75) is 26.2 Å². The van der Waals surface area contributed by atoms with Gasteiger partial charge in [-0.25, -0.2) is 9.37 Å². The van der Waals surface area contributed by atoms with E-state index in [9.17, 15) is 4.39 Å². The number of hydrogen-bond donors (Lipinski definition) is 2. The highest BCUT2D eigenvalue weighted by atomic mass is 19.1. The molecule has 0 aliphatic rings. The van der Waals surface area contributed by atoms with E-state index < -0.39 is 0 Å². The standard InChI is InChI=1S/C17H18FN3/c1-17(2,3)11-8-14-15(10-20-16(14)19-9-11)21-13-6-4-12(18)5-7-13/h4-10,21H,1-3H3,(H,19,20). The summed E-state index contributed by atoms with van der Waals surface area (Å²) in [6, 6.07) is 8.46. The minimum Gasteiger partial charge on any atom is -0.354 e. The predicted octanol–water partition coefficient (Wildman–Crippen LogP) is 4.74. The fourth-order valence-corrected chi connectivity index (χ4v) is 2.21. The van der Waals surface area contributed by atoms with E-state index in [1.54, 1.807) is 12.1 Å². The number of aromatic nitrogens is 2. The molecule has 0 unspecified atom stereocenters. The first kappa shape index (κ1) is 13.6. The van der Waals surface area contributed by atoms with Gasteiger partial charge in [-0.3, -0.25) is 0 Å². The number of halogens is 1. The molecule has 4 heteroatoms. The SMILES string of the molecule is CC(C)(C)c1cnc2[nH]cc(Nc3ccc(F)cc3)c2c1. The maximum Gasteiger partial charge on any atom is 0.139 e. The van der Waals surface area contributed by atoms with Crippen LogP contribution >= 0.6 is 0 Å². The third kappa shape index (κ3) is 2.75. The first-order valence-corrected chi connectivity index (χ1v) is 6.94. The number of fused-ring (bicyclic) bond motifs is 1. The van der Waals surface area contributed by atoms with E-state index in [1.807, 2.05) is 12.4 Å². The number of nitrogens with one attached hydrogen (secondary N) is 2. The van der Waals surface area contributed by atoms with Crippen LogP contribution in [0.25, 0.3) is 11.0 Å². The predicted molar refractivity (Wildman–Crippen MR) is 84.5 cm³/mol. The lowest BCUT2D eigenvalue weighted by molar-refractivity contribution is 0.588. The topological polar surface area (TPSA) is 40.7 Å². The molecule has 2 heterocycles. The molecule has 108 valence electrons. The van der Waals surface area contributed by atoms with E-state index in [0.29, 0.717) is 0 Å². The van der Waals surface area contributed by atoms with E-state index >= 15 is 0 Å². The third-order valence-corrected chi connectivity index (χ3v) is 3.52. The summed E-state index contributed by atoms with van der Waals surface area (Å²) >= 11 is 0. The summed E-state index contributed by atoms with van der Waals surface area (Å²) < 4.78 is 13.0. The molecule has 0 fully saturated rings. The molecule has 1 aromatic carbocycles. The van der Waals surface area contributed by atoms with Crippen LogP contribution in [0.3, 0.4) is 0 Å². The zero-order valence-electron chi connectivity index (χ0n) is 12.4. The second kappa shape index (κ2) is 4.88. The Kier molecular flexibility index (Phi) is 3.16. The molecule has 0 saturated heterocycles. The van der Waals surface area contributed by atoms with Gasteiger partial charge in [-0.2, -0.15) is 0 Å². The van der Waals surface area contributed by atoms with Gasteiger partial charge in [0, 0.05) is 23.5 Å². The molecule has 0 radical (unpaired) electrons. The Morgan fingerprint density at radius 3 is 2.52 bits per heavy atom. The molecule has 0 saturated carbocycles. The average Bonchev–Trinajstić information content (AvgIpc) is 2.83. The second-order valence-electron chi connectivity index (χ2n) is 6.20. The minimum atomic E-state index is -0.240. The molecule has 2 N–H and O–H groups in total. The van der Waals surface area contributed by atoms with Gasteiger partial charge in [0.1, 0.15) is 11.5 Å². The molecule has 3 nitrogen and oxygen atoms in total. The van der Waals surface area contributed by atoms with Crippen molar-refractivity contribution in [3.63, 3.8) is 0 Å². The van der Waals surface area contributed by atoms with E-state index in [4.69, 9.17) is 0 Å². The van der Waals surface area contributed by atoms with Crippen molar-refractivity contribution in [1.82, 2.24) is 9.97 Å². The maximum atomic E-state index is 13.0. The van der Waals surface area contributed by atoms with Crippen LogP contribution in [0.4, 0.5) is 15.8 Å². The molecule has 2 aromatic heterocycles. The molecular formula is C17H18FN3. The Balaban J connectivity index is 2.00. The van der Waals surface area contributed by atoms with Gasteiger partial charge in [-0.1, -0.05) is 20.8 Å². The average molecular weight is 283 g/mol. The Morgan fingerprint density at radius 2 is 1.86 bits per heavy atom. The monoisotopic (exact) mass is 283 g/mol. The van der Waals surface area contributed by atoms with Crippen LogP contribution in [0.2, 0.25) is 0 Å². The molecule has 0 amide bonds. The summed E-state index contributed by atoms with van der Waals surface area (Å²) in [5.74, 6) is -0.240. The first-order chi connectivity index (χ1) is 9.93. The lowest BCUT2D eigenvalue weighted by atomic mass is 9.88. The van der Waals surface area contributed by atoms with Crippen LogP contribution in [0, 0.1) is 5.82 Å². The van der Waals surface area contributed by atoms with Gasteiger partial charge >= 0.3 is 0 Å². The fourth-order valence-electron chi connectivity index (χ4n) is 2.21. The van der Waals surface area contributed by atoms with Crippen LogP contribution in [0.5, 0.6) is 0 Å². The molecule has 0 bridgehead atoms.